The van der Waals surface area contributed by atoms with Gasteiger partial charge in [-0.2, -0.15) is 4.98 Å². The molecule has 0 radical (unpaired) electrons. The largest absolute Gasteiger partial charge is 0.368 e. The number of nitrogen functional groups attached to an aromatic ring is 1. The van der Waals surface area contributed by atoms with Crippen LogP contribution in [0.25, 0.3) is 0 Å². The topological polar surface area (TPSA) is 107 Å². The van der Waals surface area contributed by atoms with Gasteiger partial charge >= 0.3 is 5.69 Å². The second-order valence-electron chi connectivity index (χ2n) is 3.89. The van der Waals surface area contributed by atoms with Crippen LogP contribution in [0.15, 0.2) is 0 Å². The van der Waals surface area contributed by atoms with Crippen LogP contribution in [0.1, 0.15) is 25.0 Å². The summed E-state index contributed by atoms with van der Waals surface area (Å²) in [7, 11) is 0. The summed E-state index contributed by atoms with van der Waals surface area (Å²) in [6.07, 6.45) is 3.17. The first-order chi connectivity index (χ1) is 7.58. The number of anilines is 2. The van der Waals surface area contributed by atoms with Gasteiger partial charge < -0.3 is 11.1 Å². The molecule has 1 fully saturated rings. The Morgan fingerprint density at radius 3 is 2.69 bits per heavy atom. The van der Waals surface area contributed by atoms with Gasteiger partial charge in [-0.1, -0.05) is 0 Å². The number of nitrogens with one attached hydrogen (secondary N) is 1. The highest BCUT2D eigenvalue weighted by Crippen LogP contribution is 2.30. The van der Waals surface area contributed by atoms with E-state index in [9.17, 15) is 10.1 Å². The molecule has 0 aliphatic heterocycles. The lowest BCUT2D eigenvalue weighted by molar-refractivity contribution is -0.385. The van der Waals surface area contributed by atoms with Gasteiger partial charge in [-0.15, -0.1) is 0 Å². The van der Waals surface area contributed by atoms with E-state index in [1.54, 1.807) is 6.92 Å². The molecule has 0 saturated heterocycles. The highest BCUT2D eigenvalue weighted by molar-refractivity contribution is 5.60. The van der Waals surface area contributed by atoms with Crippen molar-refractivity contribution in [2.24, 2.45) is 0 Å². The first-order valence-electron chi connectivity index (χ1n) is 5.13. The Labute approximate surface area is 92.2 Å². The van der Waals surface area contributed by atoms with Gasteiger partial charge in [0, 0.05) is 6.04 Å². The number of rotatable bonds is 3. The number of aryl methyl sites for hydroxylation is 1. The Morgan fingerprint density at radius 1 is 1.50 bits per heavy atom. The number of nitrogens with zero attached hydrogens (tertiary/aromatic N) is 3. The quantitative estimate of drug-likeness (QED) is 0.589. The molecule has 16 heavy (non-hydrogen) atoms. The second-order valence-corrected chi connectivity index (χ2v) is 3.89. The van der Waals surface area contributed by atoms with Crippen molar-refractivity contribution in [1.29, 1.82) is 0 Å². The monoisotopic (exact) mass is 223 g/mol. The van der Waals surface area contributed by atoms with Crippen LogP contribution in [-0.2, 0) is 0 Å². The predicted octanol–water partition coefficient (Wildman–Crippen LogP) is 1.24. The van der Waals surface area contributed by atoms with Crippen molar-refractivity contribution < 1.29 is 4.92 Å². The number of hydrogen-bond donors (Lipinski definition) is 2. The first-order valence-corrected chi connectivity index (χ1v) is 5.13. The Balaban J connectivity index is 2.35. The molecule has 3 N–H and O–H groups in total. The summed E-state index contributed by atoms with van der Waals surface area (Å²) in [4.78, 5) is 18.1. The van der Waals surface area contributed by atoms with Crippen molar-refractivity contribution in [2.45, 2.75) is 32.2 Å². The minimum atomic E-state index is -0.476. The summed E-state index contributed by atoms with van der Waals surface area (Å²) >= 11 is 0. The molecule has 7 heteroatoms. The lowest BCUT2D eigenvalue weighted by Crippen LogP contribution is -2.28. The van der Waals surface area contributed by atoms with E-state index in [1.165, 1.54) is 0 Å². The third kappa shape index (κ3) is 1.88. The lowest BCUT2D eigenvalue weighted by Gasteiger charge is -2.26. The maximum Gasteiger partial charge on any atom is 0.332 e. The Bertz CT molecular complexity index is 430. The fourth-order valence-electron chi connectivity index (χ4n) is 1.65. The highest BCUT2D eigenvalue weighted by Gasteiger charge is 2.25. The SMILES string of the molecule is Cc1nc(N)nc(NC2CCC2)c1[N+](=O)[O-]. The molecule has 0 unspecified atom stereocenters. The Hall–Kier alpha value is -1.92. The molecule has 1 saturated carbocycles. The van der Waals surface area contributed by atoms with Crippen molar-refractivity contribution in [2.75, 3.05) is 11.1 Å². The van der Waals surface area contributed by atoms with Crippen molar-refractivity contribution in [1.82, 2.24) is 9.97 Å². The summed E-state index contributed by atoms with van der Waals surface area (Å²) in [6, 6.07) is 0.271. The summed E-state index contributed by atoms with van der Waals surface area (Å²) in [5.41, 5.74) is 5.69. The molecule has 1 aromatic rings. The molecule has 2 rings (SSSR count). The normalized spacial score (nSPS) is 15.6. The van der Waals surface area contributed by atoms with Gasteiger partial charge in [0.2, 0.25) is 11.8 Å². The molecule has 7 nitrogen and oxygen atoms in total. The van der Waals surface area contributed by atoms with E-state index in [-0.39, 0.29) is 23.5 Å². The zero-order valence-corrected chi connectivity index (χ0v) is 8.93. The van der Waals surface area contributed by atoms with E-state index < -0.39 is 4.92 Å². The van der Waals surface area contributed by atoms with E-state index >= 15 is 0 Å². The molecule has 0 spiro atoms. The summed E-state index contributed by atoms with van der Waals surface area (Å²) in [5, 5.41) is 13.9. The van der Waals surface area contributed by atoms with Crippen LogP contribution >= 0.6 is 0 Å². The van der Waals surface area contributed by atoms with E-state index in [0.29, 0.717) is 5.69 Å². The summed E-state index contributed by atoms with van der Waals surface area (Å²) < 4.78 is 0. The smallest absolute Gasteiger partial charge is 0.332 e. The van der Waals surface area contributed by atoms with Crippen LogP contribution in [0.3, 0.4) is 0 Å². The van der Waals surface area contributed by atoms with Crippen molar-refractivity contribution in [3.05, 3.63) is 15.8 Å². The average Bonchev–Trinajstić information content (AvgIpc) is 2.09. The predicted molar refractivity (Wildman–Crippen MR) is 59.1 cm³/mol. The summed E-state index contributed by atoms with van der Waals surface area (Å²) in [5.74, 6) is 0.296. The van der Waals surface area contributed by atoms with Crippen molar-refractivity contribution in [3.8, 4) is 0 Å². The zero-order valence-electron chi connectivity index (χ0n) is 8.93. The van der Waals surface area contributed by atoms with E-state index in [1.807, 2.05) is 0 Å². The molecule has 1 aliphatic rings. The fraction of sp³-hybridized carbons (Fsp3) is 0.556. The van der Waals surface area contributed by atoms with Gasteiger partial charge in [-0.3, -0.25) is 10.1 Å². The molecular weight excluding hydrogens is 210 g/mol. The van der Waals surface area contributed by atoms with E-state index in [4.69, 9.17) is 5.73 Å². The molecule has 1 aliphatic carbocycles. The third-order valence-electron chi connectivity index (χ3n) is 2.70. The average molecular weight is 223 g/mol. The second kappa shape index (κ2) is 3.92. The third-order valence-corrected chi connectivity index (χ3v) is 2.70. The van der Waals surface area contributed by atoms with Crippen LogP contribution in [0.2, 0.25) is 0 Å². The van der Waals surface area contributed by atoms with Crippen LogP contribution in [0.4, 0.5) is 17.5 Å². The van der Waals surface area contributed by atoms with Crippen LogP contribution in [-0.4, -0.2) is 20.9 Å². The van der Waals surface area contributed by atoms with Gasteiger partial charge in [0.05, 0.1) is 4.92 Å². The molecule has 1 heterocycles. The molecule has 0 amide bonds. The number of nitrogens with two attached hydrogens (primary N) is 1. The van der Waals surface area contributed by atoms with Gasteiger partial charge in [0.25, 0.3) is 0 Å². The number of hydrogen-bond acceptors (Lipinski definition) is 6. The molecule has 86 valence electrons. The molecular formula is C9H13N5O2. The van der Waals surface area contributed by atoms with E-state index in [2.05, 4.69) is 15.3 Å². The van der Waals surface area contributed by atoms with Gasteiger partial charge in [-0.05, 0) is 26.2 Å². The van der Waals surface area contributed by atoms with Gasteiger partial charge in [0.15, 0.2) is 0 Å². The Kier molecular flexibility index (Phi) is 2.59. The van der Waals surface area contributed by atoms with Crippen LogP contribution in [0.5, 0.6) is 0 Å². The number of nitro groups is 1. The fourth-order valence-corrected chi connectivity index (χ4v) is 1.65. The molecule has 0 bridgehead atoms. The minimum Gasteiger partial charge on any atom is -0.368 e. The first kappa shape index (κ1) is 10.6. The van der Waals surface area contributed by atoms with E-state index in [0.717, 1.165) is 19.3 Å². The van der Waals surface area contributed by atoms with Crippen molar-refractivity contribution in [3.63, 3.8) is 0 Å². The Morgan fingerprint density at radius 2 is 2.19 bits per heavy atom. The highest BCUT2D eigenvalue weighted by atomic mass is 16.6. The summed E-state index contributed by atoms with van der Waals surface area (Å²) in [6.45, 7) is 1.56. The minimum absolute atomic E-state index is 0.0601. The maximum atomic E-state index is 10.9. The standard InChI is InChI=1S/C9H13N5O2/c1-5-7(14(15)16)8(13-9(10)11-5)12-6-3-2-4-6/h6H,2-4H2,1H3,(H3,10,11,12,13). The van der Waals surface area contributed by atoms with Gasteiger partial charge in [0.1, 0.15) is 5.69 Å². The maximum absolute atomic E-state index is 10.9. The van der Waals surface area contributed by atoms with Crippen molar-refractivity contribution >= 4 is 17.5 Å². The molecule has 0 aromatic carbocycles. The lowest BCUT2D eigenvalue weighted by atomic mass is 9.93. The molecule has 0 atom stereocenters. The number of aromatic nitrogens is 2. The van der Waals surface area contributed by atoms with Crippen LogP contribution < -0.4 is 11.1 Å². The van der Waals surface area contributed by atoms with Gasteiger partial charge in [-0.25, -0.2) is 4.98 Å². The zero-order chi connectivity index (χ0) is 11.7. The van der Waals surface area contributed by atoms with Crippen LogP contribution in [0, 0.1) is 17.0 Å². The molecule has 1 aromatic heterocycles.